The third kappa shape index (κ3) is 3.03. The van der Waals surface area contributed by atoms with Crippen LogP contribution in [0.15, 0.2) is 12.7 Å². The molecule has 1 aliphatic rings. The maximum Gasteiger partial charge on any atom is 0.0278 e. The van der Waals surface area contributed by atoms with E-state index in [2.05, 4.69) is 37.3 Å². The summed E-state index contributed by atoms with van der Waals surface area (Å²) < 4.78 is 0. The molecule has 3 nitrogen and oxygen atoms in total. The summed E-state index contributed by atoms with van der Waals surface area (Å²) in [6, 6.07) is 0.589. The second-order valence-corrected chi connectivity index (χ2v) is 5.14. The largest absolute Gasteiger partial charge is 0.330 e. The van der Waals surface area contributed by atoms with Gasteiger partial charge < -0.3 is 5.73 Å². The van der Waals surface area contributed by atoms with E-state index >= 15 is 0 Å². The predicted octanol–water partition coefficient (Wildman–Crippen LogP) is 0.916. The molecule has 0 radical (unpaired) electrons. The Balaban J connectivity index is 2.67. The van der Waals surface area contributed by atoms with E-state index in [1.807, 2.05) is 6.08 Å². The van der Waals surface area contributed by atoms with E-state index in [-0.39, 0.29) is 5.54 Å². The van der Waals surface area contributed by atoms with Crippen molar-refractivity contribution in [2.24, 2.45) is 5.73 Å². The number of piperazine rings is 1. The SMILES string of the molecule is C=CCN1CC(C)(C)N(C)CC1CCN. The van der Waals surface area contributed by atoms with Gasteiger partial charge in [0.2, 0.25) is 0 Å². The summed E-state index contributed by atoms with van der Waals surface area (Å²) in [7, 11) is 2.20. The van der Waals surface area contributed by atoms with E-state index < -0.39 is 0 Å². The van der Waals surface area contributed by atoms with Crippen molar-refractivity contribution in [2.45, 2.75) is 31.8 Å². The number of rotatable bonds is 4. The zero-order chi connectivity index (χ0) is 11.5. The molecule has 15 heavy (non-hydrogen) atoms. The molecule has 0 aromatic heterocycles. The van der Waals surface area contributed by atoms with Crippen molar-refractivity contribution in [3.8, 4) is 0 Å². The average molecular weight is 211 g/mol. The van der Waals surface area contributed by atoms with Crippen LogP contribution in [0.2, 0.25) is 0 Å². The Morgan fingerprint density at radius 1 is 1.53 bits per heavy atom. The number of hydrogen-bond donors (Lipinski definition) is 1. The Labute approximate surface area is 93.9 Å². The molecule has 0 saturated carbocycles. The Kier molecular flexibility index (Phi) is 4.32. The van der Waals surface area contributed by atoms with Gasteiger partial charge in [0.25, 0.3) is 0 Å². The van der Waals surface area contributed by atoms with Crippen LogP contribution in [0, 0.1) is 0 Å². The highest BCUT2D eigenvalue weighted by Gasteiger charge is 2.35. The van der Waals surface area contributed by atoms with Gasteiger partial charge in [-0.3, -0.25) is 9.80 Å². The first-order valence-corrected chi connectivity index (χ1v) is 5.77. The van der Waals surface area contributed by atoms with Crippen LogP contribution in [0.1, 0.15) is 20.3 Å². The first kappa shape index (κ1) is 12.7. The first-order chi connectivity index (χ1) is 7.01. The number of nitrogens with zero attached hydrogens (tertiary/aromatic N) is 2. The lowest BCUT2D eigenvalue weighted by Gasteiger charge is -2.49. The highest BCUT2D eigenvalue weighted by molar-refractivity contribution is 4.95. The summed E-state index contributed by atoms with van der Waals surface area (Å²) in [5.41, 5.74) is 5.92. The fourth-order valence-electron chi connectivity index (χ4n) is 2.27. The maximum absolute atomic E-state index is 5.66. The smallest absolute Gasteiger partial charge is 0.0278 e. The van der Waals surface area contributed by atoms with Gasteiger partial charge in [-0.2, -0.15) is 0 Å². The van der Waals surface area contributed by atoms with Crippen molar-refractivity contribution in [2.75, 3.05) is 33.2 Å². The third-order valence-electron chi connectivity index (χ3n) is 3.49. The zero-order valence-corrected chi connectivity index (χ0v) is 10.4. The molecule has 1 aliphatic heterocycles. The molecule has 1 fully saturated rings. The minimum absolute atomic E-state index is 0.258. The number of hydrogen-bond acceptors (Lipinski definition) is 3. The van der Waals surface area contributed by atoms with E-state index in [1.54, 1.807) is 0 Å². The molecule has 0 spiro atoms. The first-order valence-electron chi connectivity index (χ1n) is 5.77. The fraction of sp³-hybridized carbons (Fsp3) is 0.833. The molecule has 0 amide bonds. The van der Waals surface area contributed by atoms with Crippen LogP contribution in [-0.4, -0.2) is 54.6 Å². The van der Waals surface area contributed by atoms with Gasteiger partial charge >= 0.3 is 0 Å². The second-order valence-electron chi connectivity index (χ2n) is 5.14. The van der Waals surface area contributed by atoms with Gasteiger partial charge in [-0.1, -0.05) is 6.08 Å². The summed E-state index contributed by atoms with van der Waals surface area (Å²) in [4.78, 5) is 4.94. The van der Waals surface area contributed by atoms with Gasteiger partial charge in [0, 0.05) is 31.2 Å². The molecule has 1 heterocycles. The van der Waals surface area contributed by atoms with Gasteiger partial charge in [0.05, 0.1) is 0 Å². The van der Waals surface area contributed by atoms with Crippen LogP contribution in [0.25, 0.3) is 0 Å². The lowest BCUT2D eigenvalue weighted by Crippen LogP contribution is -2.62. The van der Waals surface area contributed by atoms with Crippen molar-refractivity contribution < 1.29 is 0 Å². The van der Waals surface area contributed by atoms with Gasteiger partial charge in [0.15, 0.2) is 0 Å². The summed E-state index contributed by atoms with van der Waals surface area (Å²) in [6.07, 6.45) is 3.07. The van der Waals surface area contributed by atoms with Crippen LogP contribution in [0.3, 0.4) is 0 Å². The van der Waals surface area contributed by atoms with Crippen molar-refractivity contribution >= 4 is 0 Å². The molecule has 3 heteroatoms. The summed E-state index contributed by atoms with van der Waals surface area (Å²) in [5, 5.41) is 0. The monoisotopic (exact) mass is 211 g/mol. The lowest BCUT2D eigenvalue weighted by atomic mass is 9.95. The van der Waals surface area contributed by atoms with E-state index in [9.17, 15) is 0 Å². The molecule has 1 saturated heterocycles. The molecule has 1 unspecified atom stereocenters. The second kappa shape index (κ2) is 5.10. The predicted molar refractivity (Wildman–Crippen MR) is 65.9 cm³/mol. The van der Waals surface area contributed by atoms with Crippen LogP contribution in [0.5, 0.6) is 0 Å². The third-order valence-corrected chi connectivity index (χ3v) is 3.49. The quantitative estimate of drug-likeness (QED) is 0.702. The molecule has 0 bridgehead atoms. The molecule has 0 aromatic carbocycles. The average Bonchev–Trinajstić information content (AvgIpc) is 2.14. The van der Waals surface area contributed by atoms with Crippen molar-refractivity contribution in [3.05, 3.63) is 12.7 Å². The fourth-order valence-corrected chi connectivity index (χ4v) is 2.27. The van der Waals surface area contributed by atoms with Crippen molar-refractivity contribution in [1.82, 2.24) is 9.80 Å². The summed E-state index contributed by atoms with van der Waals surface area (Å²) >= 11 is 0. The van der Waals surface area contributed by atoms with Gasteiger partial charge in [-0.25, -0.2) is 0 Å². The molecule has 1 rings (SSSR count). The summed E-state index contributed by atoms with van der Waals surface area (Å²) in [5.74, 6) is 0. The maximum atomic E-state index is 5.66. The van der Waals surface area contributed by atoms with Gasteiger partial charge in [-0.05, 0) is 33.9 Å². The minimum atomic E-state index is 0.258. The standard InChI is InChI=1S/C12H25N3/c1-5-8-15-10-12(2,3)14(4)9-11(15)6-7-13/h5,11H,1,6-10,13H2,2-4H3. The van der Waals surface area contributed by atoms with Crippen LogP contribution in [0.4, 0.5) is 0 Å². The van der Waals surface area contributed by atoms with Crippen molar-refractivity contribution in [3.63, 3.8) is 0 Å². The molecule has 0 aliphatic carbocycles. The van der Waals surface area contributed by atoms with E-state index in [4.69, 9.17) is 5.73 Å². The molecule has 2 N–H and O–H groups in total. The molecule has 1 atom stereocenters. The number of likely N-dealkylation sites (N-methyl/N-ethyl adjacent to an activating group) is 1. The van der Waals surface area contributed by atoms with Crippen LogP contribution < -0.4 is 5.73 Å². The van der Waals surface area contributed by atoms with Gasteiger partial charge in [-0.15, -0.1) is 6.58 Å². The Hall–Kier alpha value is -0.380. The Bertz CT molecular complexity index is 213. The minimum Gasteiger partial charge on any atom is -0.330 e. The van der Waals surface area contributed by atoms with Crippen LogP contribution >= 0.6 is 0 Å². The van der Waals surface area contributed by atoms with E-state index in [1.165, 1.54) is 0 Å². The van der Waals surface area contributed by atoms with E-state index in [0.29, 0.717) is 6.04 Å². The lowest BCUT2D eigenvalue weighted by molar-refractivity contribution is 0.00324. The van der Waals surface area contributed by atoms with Crippen molar-refractivity contribution in [1.29, 1.82) is 0 Å². The topological polar surface area (TPSA) is 32.5 Å². The Morgan fingerprint density at radius 2 is 2.20 bits per heavy atom. The zero-order valence-electron chi connectivity index (χ0n) is 10.4. The molecule has 88 valence electrons. The number of nitrogens with two attached hydrogens (primary N) is 1. The van der Waals surface area contributed by atoms with E-state index in [0.717, 1.165) is 32.6 Å². The normalized spacial score (nSPS) is 27.9. The van der Waals surface area contributed by atoms with Gasteiger partial charge in [0.1, 0.15) is 0 Å². The summed E-state index contributed by atoms with van der Waals surface area (Å²) in [6.45, 7) is 12.4. The molecular weight excluding hydrogens is 186 g/mol. The highest BCUT2D eigenvalue weighted by atomic mass is 15.3. The molecular formula is C12H25N3. The molecule has 0 aromatic rings. The Morgan fingerprint density at radius 3 is 2.73 bits per heavy atom. The van der Waals surface area contributed by atoms with Crippen LogP contribution in [-0.2, 0) is 0 Å². The highest BCUT2D eigenvalue weighted by Crippen LogP contribution is 2.23.